The summed E-state index contributed by atoms with van der Waals surface area (Å²) in [5, 5.41) is 0.585. The van der Waals surface area contributed by atoms with Gasteiger partial charge in [-0.1, -0.05) is 29.4 Å². The number of ketones is 1. The molecule has 0 aliphatic carbocycles. The van der Waals surface area contributed by atoms with E-state index in [1.807, 2.05) is 12.1 Å². The van der Waals surface area contributed by atoms with E-state index < -0.39 is 0 Å². The number of hydrogen-bond acceptors (Lipinski definition) is 2. The van der Waals surface area contributed by atoms with Crippen LogP contribution in [0.3, 0.4) is 0 Å². The maximum atomic E-state index is 13.2. The Morgan fingerprint density at radius 1 is 1.17 bits per heavy atom. The Bertz CT molecular complexity index is 654. The minimum Gasteiger partial charge on any atom is -0.294 e. The van der Waals surface area contributed by atoms with Gasteiger partial charge in [0.15, 0.2) is 5.78 Å². The van der Waals surface area contributed by atoms with Gasteiger partial charge in [0.05, 0.1) is 0 Å². The van der Waals surface area contributed by atoms with Gasteiger partial charge in [0, 0.05) is 26.8 Å². The molecule has 4 heteroatoms. The van der Waals surface area contributed by atoms with Gasteiger partial charge in [-0.2, -0.15) is 0 Å². The third-order valence-corrected chi connectivity index (χ3v) is 4.41. The summed E-state index contributed by atoms with van der Waals surface area (Å²) in [5.74, 6) is -0.483. The van der Waals surface area contributed by atoms with Crippen LogP contribution in [0.2, 0.25) is 5.02 Å². The van der Waals surface area contributed by atoms with E-state index in [0.717, 1.165) is 15.4 Å². The molecule has 0 atom stereocenters. The van der Waals surface area contributed by atoms with Crippen LogP contribution in [-0.2, 0) is 6.42 Å². The van der Waals surface area contributed by atoms with Crippen molar-refractivity contribution in [1.82, 2.24) is 0 Å². The average molecular weight is 279 g/mol. The highest BCUT2D eigenvalue weighted by molar-refractivity contribution is 7.99. The van der Waals surface area contributed by atoms with Crippen molar-refractivity contribution in [2.75, 3.05) is 0 Å². The zero-order valence-electron chi connectivity index (χ0n) is 9.24. The Morgan fingerprint density at radius 2 is 2.00 bits per heavy atom. The third-order valence-electron chi connectivity index (χ3n) is 2.88. The van der Waals surface area contributed by atoms with E-state index in [4.69, 9.17) is 11.6 Å². The maximum absolute atomic E-state index is 13.2. The van der Waals surface area contributed by atoms with Crippen molar-refractivity contribution in [2.24, 2.45) is 0 Å². The molecule has 1 aliphatic rings. The summed E-state index contributed by atoms with van der Waals surface area (Å²) in [6.45, 7) is 0. The van der Waals surface area contributed by atoms with Crippen LogP contribution in [-0.4, -0.2) is 5.78 Å². The summed E-state index contributed by atoms with van der Waals surface area (Å²) in [6.07, 6.45) is 0.221. The Balaban J connectivity index is 2.19. The van der Waals surface area contributed by atoms with E-state index in [9.17, 15) is 9.18 Å². The van der Waals surface area contributed by atoms with Crippen molar-refractivity contribution >= 4 is 29.1 Å². The standard InChI is InChI=1S/C14H8ClFOS/c15-11-2-1-3-13-9(11)7-12(17)10-6-8(16)4-5-14(10)18-13/h1-6H,7H2. The summed E-state index contributed by atoms with van der Waals surface area (Å²) >= 11 is 7.57. The summed E-state index contributed by atoms with van der Waals surface area (Å²) in [4.78, 5) is 13.9. The van der Waals surface area contributed by atoms with Gasteiger partial charge in [-0.3, -0.25) is 4.79 Å². The molecule has 1 aliphatic heterocycles. The number of carbonyl (C=O) groups excluding carboxylic acids is 1. The topological polar surface area (TPSA) is 17.1 Å². The summed E-state index contributed by atoms with van der Waals surface area (Å²) in [7, 11) is 0. The summed E-state index contributed by atoms with van der Waals surface area (Å²) in [6, 6.07) is 9.86. The van der Waals surface area contributed by atoms with Crippen molar-refractivity contribution in [3.8, 4) is 0 Å². The van der Waals surface area contributed by atoms with Gasteiger partial charge in [-0.15, -0.1) is 0 Å². The first-order chi connectivity index (χ1) is 8.65. The molecular formula is C14H8ClFOS. The molecule has 0 bridgehead atoms. The molecule has 0 aromatic heterocycles. The predicted molar refractivity (Wildman–Crippen MR) is 70.0 cm³/mol. The number of Topliss-reactive ketones (excluding diaryl/α,β-unsaturated/α-hetero) is 1. The van der Waals surface area contributed by atoms with Gasteiger partial charge < -0.3 is 0 Å². The number of fused-ring (bicyclic) bond motifs is 2. The van der Waals surface area contributed by atoms with Crippen LogP contribution < -0.4 is 0 Å². The normalized spacial score (nSPS) is 13.8. The van der Waals surface area contributed by atoms with Crippen LogP contribution in [0.25, 0.3) is 0 Å². The lowest BCUT2D eigenvalue weighted by Crippen LogP contribution is -2.04. The summed E-state index contributed by atoms with van der Waals surface area (Å²) in [5.41, 5.74) is 1.26. The first kappa shape index (κ1) is 11.8. The first-order valence-corrected chi connectivity index (χ1v) is 6.62. The van der Waals surface area contributed by atoms with Crippen LogP contribution in [0.5, 0.6) is 0 Å². The van der Waals surface area contributed by atoms with Gasteiger partial charge in [-0.05, 0) is 35.9 Å². The van der Waals surface area contributed by atoms with Crippen LogP contribution in [0.1, 0.15) is 15.9 Å². The number of rotatable bonds is 0. The molecule has 0 amide bonds. The van der Waals surface area contributed by atoms with Crippen molar-refractivity contribution in [1.29, 1.82) is 0 Å². The van der Waals surface area contributed by atoms with Crippen molar-refractivity contribution in [2.45, 2.75) is 16.2 Å². The quantitative estimate of drug-likeness (QED) is 0.712. The second-order valence-corrected chi connectivity index (χ2v) is 5.55. The predicted octanol–water partition coefficient (Wildman–Crippen LogP) is 4.37. The third kappa shape index (κ3) is 1.93. The first-order valence-electron chi connectivity index (χ1n) is 5.43. The molecule has 2 aromatic rings. The van der Waals surface area contributed by atoms with E-state index in [1.165, 1.54) is 23.9 Å². The van der Waals surface area contributed by atoms with E-state index >= 15 is 0 Å². The Labute approximate surface area is 113 Å². The van der Waals surface area contributed by atoms with Gasteiger partial charge in [0.2, 0.25) is 0 Å². The minimum atomic E-state index is -0.389. The van der Waals surface area contributed by atoms with E-state index in [-0.39, 0.29) is 18.0 Å². The Hall–Kier alpha value is -1.32. The fourth-order valence-electron chi connectivity index (χ4n) is 1.99. The zero-order chi connectivity index (χ0) is 12.7. The fourth-order valence-corrected chi connectivity index (χ4v) is 3.39. The number of carbonyl (C=O) groups is 1. The molecule has 1 nitrogen and oxygen atoms in total. The van der Waals surface area contributed by atoms with Gasteiger partial charge >= 0.3 is 0 Å². The van der Waals surface area contributed by atoms with Gasteiger partial charge in [0.25, 0.3) is 0 Å². The van der Waals surface area contributed by atoms with Gasteiger partial charge in [-0.25, -0.2) is 4.39 Å². The molecule has 1 heterocycles. The highest BCUT2D eigenvalue weighted by atomic mass is 35.5. The molecular weight excluding hydrogens is 271 g/mol. The van der Waals surface area contributed by atoms with E-state index in [0.29, 0.717) is 10.6 Å². The molecule has 0 unspecified atom stereocenters. The Morgan fingerprint density at radius 3 is 2.83 bits per heavy atom. The molecule has 18 heavy (non-hydrogen) atoms. The van der Waals surface area contributed by atoms with Crippen LogP contribution in [0, 0.1) is 5.82 Å². The number of benzene rings is 2. The average Bonchev–Trinajstić information content (AvgIpc) is 2.48. The smallest absolute Gasteiger partial charge is 0.168 e. The molecule has 0 N–H and O–H groups in total. The molecule has 3 rings (SSSR count). The fraction of sp³-hybridized carbons (Fsp3) is 0.0714. The van der Waals surface area contributed by atoms with Crippen LogP contribution in [0.15, 0.2) is 46.2 Å². The largest absolute Gasteiger partial charge is 0.294 e. The monoisotopic (exact) mass is 278 g/mol. The molecule has 0 spiro atoms. The Kier molecular flexibility index (Phi) is 2.88. The lowest BCUT2D eigenvalue weighted by atomic mass is 10.0. The van der Waals surface area contributed by atoms with Crippen LogP contribution >= 0.6 is 23.4 Å². The second kappa shape index (κ2) is 4.41. The molecule has 0 saturated carbocycles. The lowest BCUT2D eigenvalue weighted by molar-refractivity contribution is 0.0989. The van der Waals surface area contributed by atoms with Gasteiger partial charge in [0.1, 0.15) is 5.82 Å². The number of halogens is 2. The second-order valence-electron chi connectivity index (χ2n) is 4.06. The van der Waals surface area contributed by atoms with Crippen LogP contribution in [0.4, 0.5) is 4.39 Å². The molecule has 2 aromatic carbocycles. The molecule has 0 saturated heterocycles. The minimum absolute atomic E-state index is 0.0937. The van der Waals surface area contributed by atoms with Crippen molar-refractivity contribution in [3.05, 3.63) is 58.4 Å². The molecule has 90 valence electrons. The zero-order valence-corrected chi connectivity index (χ0v) is 10.8. The van der Waals surface area contributed by atoms with Crippen molar-refractivity contribution in [3.63, 3.8) is 0 Å². The highest BCUT2D eigenvalue weighted by Gasteiger charge is 2.22. The lowest BCUT2D eigenvalue weighted by Gasteiger charge is -2.05. The van der Waals surface area contributed by atoms with E-state index in [1.54, 1.807) is 12.1 Å². The van der Waals surface area contributed by atoms with E-state index in [2.05, 4.69) is 0 Å². The summed E-state index contributed by atoms with van der Waals surface area (Å²) < 4.78 is 13.2. The highest BCUT2D eigenvalue weighted by Crippen LogP contribution is 2.39. The molecule has 0 radical (unpaired) electrons. The number of hydrogen-bond donors (Lipinski definition) is 0. The SMILES string of the molecule is O=C1Cc2c(Cl)cccc2Sc2ccc(F)cc21. The maximum Gasteiger partial charge on any atom is 0.168 e. The van der Waals surface area contributed by atoms with Crippen molar-refractivity contribution < 1.29 is 9.18 Å². The molecule has 0 fully saturated rings.